The van der Waals surface area contributed by atoms with E-state index in [2.05, 4.69) is 39.7 Å². The molecule has 0 spiro atoms. The maximum atomic E-state index is 5.60. The smallest absolute Gasteiger partial charge is 0.161 e. The maximum absolute atomic E-state index is 5.60. The molecule has 0 atom stereocenters. The summed E-state index contributed by atoms with van der Waals surface area (Å²) in [4.78, 5) is 0. The van der Waals surface area contributed by atoms with Crippen LogP contribution in [0.3, 0.4) is 0 Å². The zero-order valence-electron chi connectivity index (χ0n) is 9.72. The van der Waals surface area contributed by atoms with E-state index >= 15 is 0 Å². The molecule has 0 amide bonds. The van der Waals surface area contributed by atoms with Crippen LogP contribution in [0, 0.1) is 6.92 Å². The number of nitrogens with zero attached hydrogens (tertiary/aromatic N) is 3. The summed E-state index contributed by atoms with van der Waals surface area (Å²) in [6.07, 6.45) is 0.744. The van der Waals surface area contributed by atoms with Crippen molar-refractivity contribution in [2.24, 2.45) is 5.73 Å². The third kappa shape index (κ3) is 1.49. The van der Waals surface area contributed by atoms with Gasteiger partial charge in [0.15, 0.2) is 5.65 Å². The predicted molar refractivity (Wildman–Crippen MR) is 68.0 cm³/mol. The van der Waals surface area contributed by atoms with Crippen LogP contribution in [0.4, 0.5) is 0 Å². The van der Waals surface area contributed by atoms with E-state index in [0.29, 0.717) is 6.54 Å². The Bertz CT molecular complexity index is 684. The Kier molecular flexibility index (Phi) is 2.30. The Morgan fingerprint density at radius 2 is 2.06 bits per heavy atom. The highest BCUT2D eigenvalue weighted by atomic mass is 15.2. The van der Waals surface area contributed by atoms with Gasteiger partial charge in [-0.2, -0.15) is 0 Å². The van der Waals surface area contributed by atoms with Crippen molar-refractivity contribution in [2.45, 2.75) is 13.3 Å². The summed E-state index contributed by atoms with van der Waals surface area (Å²) < 4.78 is 2.09. The Labute approximate surface area is 99.1 Å². The highest BCUT2D eigenvalue weighted by molar-refractivity contribution is 5.85. The van der Waals surface area contributed by atoms with Crippen LogP contribution >= 0.6 is 0 Å². The van der Waals surface area contributed by atoms with Crippen molar-refractivity contribution in [1.29, 1.82) is 0 Å². The third-order valence-corrected chi connectivity index (χ3v) is 3.04. The molecule has 0 saturated carbocycles. The first kappa shape index (κ1) is 10.2. The molecule has 17 heavy (non-hydrogen) atoms. The number of hydrogen-bond donors (Lipinski definition) is 1. The maximum Gasteiger partial charge on any atom is 0.161 e. The van der Waals surface area contributed by atoms with Gasteiger partial charge < -0.3 is 5.73 Å². The van der Waals surface area contributed by atoms with Crippen molar-refractivity contribution < 1.29 is 0 Å². The van der Waals surface area contributed by atoms with Crippen LogP contribution in [-0.2, 0) is 6.42 Å². The summed E-state index contributed by atoms with van der Waals surface area (Å²) in [6, 6.07) is 10.4. The SMILES string of the molecule is Cc1cc2nnc(CCN)n2c2ccccc12. The van der Waals surface area contributed by atoms with Gasteiger partial charge in [-0.05, 0) is 31.2 Å². The number of para-hydroxylation sites is 1. The molecular formula is C13H14N4. The Hall–Kier alpha value is -1.94. The molecule has 86 valence electrons. The molecule has 4 heteroatoms. The highest BCUT2D eigenvalue weighted by Crippen LogP contribution is 2.21. The fraction of sp³-hybridized carbons (Fsp3) is 0.231. The number of aromatic nitrogens is 3. The van der Waals surface area contributed by atoms with E-state index in [-0.39, 0.29) is 0 Å². The number of rotatable bonds is 2. The molecule has 0 fully saturated rings. The average Bonchev–Trinajstić information content (AvgIpc) is 2.73. The lowest BCUT2D eigenvalue weighted by molar-refractivity contribution is 0.857. The van der Waals surface area contributed by atoms with E-state index in [0.717, 1.165) is 23.4 Å². The van der Waals surface area contributed by atoms with Crippen molar-refractivity contribution in [3.05, 3.63) is 41.7 Å². The molecule has 3 rings (SSSR count). The van der Waals surface area contributed by atoms with Gasteiger partial charge in [-0.3, -0.25) is 4.40 Å². The van der Waals surface area contributed by atoms with Crippen LogP contribution < -0.4 is 5.73 Å². The number of aryl methyl sites for hydroxylation is 1. The van der Waals surface area contributed by atoms with Gasteiger partial charge in [0.2, 0.25) is 0 Å². The Morgan fingerprint density at radius 1 is 1.24 bits per heavy atom. The molecule has 4 nitrogen and oxygen atoms in total. The third-order valence-electron chi connectivity index (χ3n) is 3.04. The largest absolute Gasteiger partial charge is 0.330 e. The first-order valence-electron chi connectivity index (χ1n) is 5.73. The van der Waals surface area contributed by atoms with Crippen LogP contribution in [-0.4, -0.2) is 21.1 Å². The van der Waals surface area contributed by atoms with E-state index in [1.165, 1.54) is 10.9 Å². The van der Waals surface area contributed by atoms with Gasteiger partial charge in [-0.1, -0.05) is 18.2 Å². The lowest BCUT2D eigenvalue weighted by Gasteiger charge is -2.06. The van der Waals surface area contributed by atoms with Gasteiger partial charge in [0.25, 0.3) is 0 Å². The number of pyridine rings is 1. The fourth-order valence-corrected chi connectivity index (χ4v) is 2.25. The molecule has 2 heterocycles. The van der Waals surface area contributed by atoms with Crippen molar-refractivity contribution in [3.8, 4) is 0 Å². The second-order valence-electron chi connectivity index (χ2n) is 4.19. The number of benzene rings is 1. The van der Waals surface area contributed by atoms with E-state index in [1.54, 1.807) is 0 Å². The van der Waals surface area contributed by atoms with Crippen LogP contribution in [0.1, 0.15) is 11.4 Å². The van der Waals surface area contributed by atoms with E-state index in [1.807, 2.05) is 12.1 Å². The van der Waals surface area contributed by atoms with Gasteiger partial charge in [0, 0.05) is 11.8 Å². The molecule has 2 aromatic heterocycles. The van der Waals surface area contributed by atoms with Gasteiger partial charge in [-0.15, -0.1) is 10.2 Å². The van der Waals surface area contributed by atoms with Gasteiger partial charge in [0.1, 0.15) is 5.82 Å². The monoisotopic (exact) mass is 226 g/mol. The van der Waals surface area contributed by atoms with Gasteiger partial charge in [0.05, 0.1) is 5.52 Å². The second-order valence-corrected chi connectivity index (χ2v) is 4.19. The van der Waals surface area contributed by atoms with Crippen LogP contribution in [0.25, 0.3) is 16.6 Å². The van der Waals surface area contributed by atoms with Crippen molar-refractivity contribution in [1.82, 2.24) is 14.6 Å². The molecule has 0 aliphatic carbocycles. The quantitative estimate of drug-likeness (QED) is 0.723. The number of hydrogen-bond acceptors (Lipinski definition) is 3. The normalized spacial score (nSPS) is 11.4. The zero-order valence-corrected chi connectivity index (χ0v) is 9.72. The minimum Gasteiger partial charge on any atom is -0.330 e. The van der Waals surface area contributed by atoms with Crippen molar-refractivity contribution in [2.75, 3.05) is 6.54 Å². The predicted octanol–water partition coefficient (Wildman–Crippen LogP) is 1.69. The number of nitrogens with two attached hydrogens (primary N) is 1. The lowest BCUT2D eigenvalue weighted by Crippen LogP contribution is -2.06. The molecule has 1 aromatic carbocycles. The highest BCUT2D eigenvalue weighted by Gasteiger charge is 2.09. The molecule has 0 unspecified atom stereocenters. The lowest BCUT2D eigenvalue weighted by atomic mass is 10.1. The summed E-state index contributed by atoms with van der Waals surface area (Å²) in [5, 5.41) is 9.65. The van der Waals surface area contributed by atoms with E-state index in [9.17, 15) is 0 Å². The average molecular weight is 226 g/mol. The van der Waals surface area contributed by atoms with Crippen LogP contribution in [0.5, 0.6) is 0 Å². The van der Waals surface area contributed by atoms with Gasteiger partial charge in [-0.25, -0.2) is 0 Å². The minimum atomic E-state index is 0.586. The summed E-state index contributed by atoms with van der Waals surface area (Å²) in [5.74, 6) is 0.929. The Morgan fingerprint density at radius 3 is 2.88 bits per heavy atom. The minimum absolute atomic E-state index is 0.586. The van der Waals surface area contributed by atoms with Crippen molar-refractivity contribution in [3.63, 3.8) is 0 Å². The fourth-order valence-electron chi connectivity index (χ4n) is 2.25. The first-order chi connectivity index (χ1) is 8.31. The summed E-state index contributed by atoms with van der Waals surface area (Å²) in [5.41, 5.74) is 8.87. The summed E-state index contributed by atoms with van der Waals surface area (Å²) in [7, 11) is 0. The molecule has 0 saturated heterocycles. The first-order valence-corrected chi connectivity index (χ1v) is 5.73. The second kappa shape index (κ2) is 3.82. The molecule has 3 aromatic rings. The van der Waals surface area contributed by atoms with Crippen LogP contribution in [0.2, 0.25) is 0 Å². The van der Waals surface area contributed by atoms with Crippen molar-refractivity contribution >= 4 is 16.6 Å². The molecule has 0 radical (unpaired) electrons. The summed E-state index contributed by atoms with van der Waals surface area (Å²) in [6.45, 7) is 2.68. The molecule has 2 N–H and O–H groups in total. The topological polar surface area (TPSA) is 56.2 Å². The number of fused-ring (bicyclic) bond motifs is 3. The van der Waals surface area contributed by atoms with E-state index < -0.39 is 0 Å². The Balaban J connectivity index is 2.46. The molecule has 0 bridgehead atoms. The molecule has 0 aliphatic heterocycles. The standard InChI is InChI=1S/C13H14N4/c1-9-8-13-16-15-12(6-7-14)17(13)11-5-3-2-4-10(9)11/h2-5,8H,6-7,14H2,1H3. The van der Waals surface area contributed by atoms with Crippen LogP contribution in [0.15, 0.2) is 30.3 Å². The van der Waals surface area contributed by atoms with E-state index in [4.69, 9.17) is 5.73 Å². The van der Waals surface area contributed by atoms with Gasteiger partial charge >= 0.3 is 0 Å². The zero-order chi connectivity index (χ0) is 11.8. The summed E-state index contributed by atoms with van der Waals surface area (Å²) >= 11 is 0. The molecular weight excluding hydrogens is 212 g/mol. The molecule has 0 aliphatic rings.